The summed E-state index contributed by atoms with van der Waals surface area (Å²) in [7, 11) is 0. The Balaban J connectivity index is 1.20. The minimum atomic E-state index is 0.762. The van der Waals surface area contributed by atoms with E-state index in [9.17, 15) is 0 Å². The molecule has 0 radical (unpaired) electrons. The molecule has 0 spiro atoms. The van der Waals surface area contributed by atoms with Gasteiger partial charge in [0.2, 0.25) is 0 Å². The normalized spacial score (nSPS) is 19.5. The average molecular weight is 424 g/mol. The molecule has 8 nitrogen and oxygen atoms in total. The molecule has 0 saturated carbocycles. The molecule has 0 bridgehead atoms. The number of nitrogens with zero attached hydrogens (tertiary/aromatic N) is 7. The van der Waals surface area contributed by atoms with E-state index >= 15 is 0 Å². The molecule has 0 aromatic carbocycles. The van der Waals surface area contributed by atoms with Crippen LogP contribution in [-0.2, 0) is 17.6 Å². The number of morpholine rings is 1. The molecule has 3 aliphatic rings. The van der Waals surface area contributed by atoms with Gasteiger partial charge < -0.3 is 19.4 Å². The predicted octanol–water partition coefficient (Wildman–Crippen LogP) is 2.13. The maximum Gasteiger partial charge on any atom is 0.141 e. The number of hydrogen-bond donors (Lipinski definition) is 0. The van der Waals surface area contributed by atoms with Crippen LogP contribution in [0.4, 0.5) is 17.5 Å². The van der Waals surface area contributed by atoms with Crippen molar-refractivity contribution >= 4 is 39.0 Å². The highest BCUT2D eigenvalue weighted by molar-refractivity contribution is 7.19. The van der Waals surface area contributed by atoms with Crippen LogP contribution in [0, 0.1) is 0 Å². The zero-order chi connectivity index (χ0) is 19.9. The molecule has 0 amide bonds. The van der Waals surface area contributed by atoms with Crippen LogP contribution in [0.2, 0.25) is 0 Å². The Hall–Kier alpha value is -2.52. The number of fused-ring (bicyclic) bond motifs is 3. The number of aromatic nitrogens is 4. The third kappa shape index (κ3) is 3.16. The SMILES string of the molecule is c1nc(N2CCOCC2)cc(N2CCN(c3ncnc4sc5c(c34)CCC5)CC2)n1. The van der Waals surface area contributed by atoms with Gasteiger partial charge in [-0.2, -0.15) is 0 Å². The predicted molar refractivity (Wildman–Crippen MR) is 119 cm³/mol. The van der Waals surface area contributed by atoms with Gasteiger partial charge in [-0.1, -0.05) is 0 Å². The molecule has 2 saturated heterocycles. The number of piperazine rings is 1. The van der Waals surface area contributed by atoms with E-state index in [-0.39, 0.29) is 0 Å². The molecule has 156 valence electrons. The summed E-state index contributed by atoms with van der Waals surface area (Å²) in [5.41, 5.74) is 1.50. The van der Waals surface area contributed by atoms with Gasteiger partial charge in [0.05, 0.1) is 18.6 Å². The molecule has 0 unspecified atom stereocenters. The van der Waals surface area contributed by atoms with Crippen molar-refractivity contribution in [2.45, 2.75) is 19.3 Å². The van der Waals surface area contributed by atoms with Crippen molar-refractivity contribution in [3.05, 3.63) is 29.2 Å². The van der Waals surface area contributed by atoms with Crippen LogP contribution in [0.3, 0.4) is 0 Å². The van der Waals surface area contributed by atoms with Crippen LogP contribution < -0.4 is 14.7 Å². The summed E-state index contributed by atoms with van der Waals surface area (Å²) >= 11 is 1.86. The molecular formula is C21H25N7OS. The highest BCUT2D eigenvalue weighted by atomic mass is 32.1. The van der Waals surface area contributed by atoms with E-state index in [1.54, 1.807) is 12.7 Å². The summed E-state index contributed by atoms with van der Waals surface area (Å²) in [6, 6.07) is 2.12. The highest BCUT2D eigenvalue weighted by Gasteiger charge is 2.26. The molecule has 3 aromatic rings. The fourth-order valence-electron chi connectivity index (χ4n) is 4.77. The van der Waals surface area contributed by atoms with E-state index in [0.717, 1.165) is 74.8 Å². The number of rotatable bonds is 3. The lowest BCUT2D eigenvalue weighted by Gasteiger charge is -2.36. The minimum Gasteiger partial charge on any atom is -0.378 e. The zero-order valence-corrected chi connectivity index (χ0v) is 17.8. The van der Waals surface area contributed by atoms with Crippen molar-refractivity contribution in [2.75, 3.05) is 67.2 Å². The number of aryl methyl sites for hydroxylation is 2. The molecule has 6 rings (SSSR count). The summed E-state index contributed by atoms with van der Waals surface area (Å²) < 4.78 is 5.46. The van der Waals surface area contributed by atoms with Gasteiger partial charge in [-0.3, -0.25) is 0 Å². The number of ether oxygens (including phenoxy) is 1. The van der Waals surface area contributed by atoms with Gasteiger partial charge in [-0.05, 0) is 24.8 Å². The van der Waals surface area contributed by atoms with Crippen molar-refractivity contribution in [1.82, 2.24) is 19.9 Å². The van der Waals surface area contributed by atoms with E-state index < -0.39 is 0 Å². The molecule has 1 aliphatic carbocycles. The van der Waals surface area contributed by atoms with Crippen LogP contribution in [0.15, 0.2) is 18.7 Å². The number of hydrogen-bond acceptors (Lipinski definition) is 9. The second-order valence-corrected chi connectivity index (χ2v) is 9.13. The van der Waals surface area contributed by atoms with Crippen molar-refractivity contribution < 1.29 is 4.74 Å². The first-order valence-electron chi connectivity index (χ1n) is 10.8. The number of anilines is 3. The molecule has 0 atom stereocenters. The smallest absolute Gasteiger partial charge is 0.141 e. The van der Waals surface area contributed by atoms with E-state index in [1.807, 2.05) is 11.3 Å². The summed E-state index contributed by atoms with van der Waals surface area (Å²) in [5, 5.41) is 1.31. The zero-order valence-electron chi connectivity index (χ0n) is 17.0. The van der Waals surface area contributed by atoms with Crippen LogP contribution >= 0.6 is 11.3 Å². The van der Waals surface area contributed by atoms with Crippen LogP contribution in [-0.4, -0.2) is 72.4 Å². The van der Waals surface area contributed by atoms with Crippen LogP contribution in [0.25, 0.3) is 10.2 Å². The first-order valence-corrected chi connectivity index (χ1v) is 11.6. The quantitative estimate of drug-likeness (QED) is 0.635. The second-order valence-electron chi connectivity index (χ2n) is 8.04. The first kappa shape index (κ1) is 18.3. The third-order valence-corrected chi connectivity index (χ3v) is 7.56. The first-order chi connectivity index (χ1) is 14.9. The minimum absolute atomic E-state index is 0.762. The molecule has 2 aliphatic heterocycles. The van der Waals surface area contributed by atoms with E-state index in [2.05, 4.69) is 35.7 Å². The Morgan fingerprint density at radius 2 is 1.47 bits per heavy atom. The van der Waals surface area contributed by atoms with Gasteiger partial charge in [0.15, 0.2) is 0 Å². The van der Waals surface area contributed by atoms with Gasteiger partial charge >= 0.3 is 0 Å². The van der Waals surface area contributed by atoms with Gasteiger partial charge in [0.25, 0.3) is 0 Å². The average Bonchev–Trinajstić information content (AvgIpc) is 3.41. The lowest BCUT2D eigenvalue weighted by Crippen LogP contribution is -2.47. The van der Waals surface area contributed by atoms with Crippen LogP contribution in [0.1, 0.15) is 16.9 Å². The molecule has 5 heterocycles. The fraction of sp³-hybridized carbons (Fsp3) is 0.524. The Labute approximate surface area is 179 Å². The largest absolute Gasteiger partial charge is 0.378 e. The molecule has 0 N–H and O–H groups in total. The maximum absolute atomic E-state index is 5.46. The fourth-order valence-corrected chi connectivity index (χ4v) is 6.00. The molecule has 2 fully saturated rings. The van der Waals surface area contributed by atoms with Crippen molar-refractivity contribution in [2.24, 2.45) is 0 Å². The van der Waals surface area contributed by atoms with Crippen LogP contribution in [0.5, 0.6) is 0 Å². The van der Waals surface area contributed by atoms with Crippen molar-refractivity contribution in [3.63, 3.8) is 0 Å². The van der Waals surface area contributed by atoms with Gasteiger partial charge in [0, 0.05) is 50.2 Å². The molecule has 30 heavy (non-hydrogen) atoms. The Morgan fingerprint density at radius 1 is 0.767 bits per heavy atom. The summed E-state index contributed by atoms with van der Waals surface area (Å²) in [5.74, 6) is 3.13. The number of thiophene rings is 1. The summed E-state index contributed by atoms with van der Waals surface area (Å²) in [6.07, 6.45) is 7.05. The molecule has 9 heteroatoms. The Bertz CT molecular complexity index is 1060. The Morgan fingerprint density at radius 3 is 2.27 bits per heavy atom. The lowest BCUT2D eigenvalue weighted by molar-refractivity contribution is 0.122. The van der Waals surface area contributed by atoms with E-state index in [1.165, 1.54) is 35.1 Å². The van der Waals surface area contributed by atoms with Crippen molar-refractivity contribution in [3.8, 4) is 0 Å². The van der Waals surface area contributed by atoms with Gasteiger partial charge in [-0.25, -0.2) is 19.9 Å². The van der Waals surface area contributed by atoms with E-state index in [4.69, 9.17) is 9.72 Å². The molecular weight excluding hydrogens is 398 g/mol. The van der Waals surface area contributed by atoms with Gasteiger partial charge in [0.1, 0.15) is 34.9 Å². The standard InChI is InChI=1S/C21H25N7OS/c1-2-15-16(3-1)30-21-19(15)20(24-14-25-21)28-6-4-26(5-7-28)17-12-18(23-13-22-17)27-8-10-29-11-9-27/h12-14H,1-11H2. The second kappa shape index (κ2) is 7.63. The summed E-state index contributed by atoms with van der Waals surface area (Å²) in [4.78, 5) is 28.0. The molecule has 3 aromatic heterocycles. The third-order valence-electron chi connectivity index (χ3n) is 6.36. The monoisotopic (exact) mass is 423 g/mol. The van der Waals surface area contributed by atoms with E-state index in [0.29, 0.717) is 0 Å². The highest BCUT2D eigenvalue weighted by Crippen LogP contribution is 2.40. The maximum atomic E-state index is 5.46. The Kier molecular flexibility index (Phi) is 4.64. The summed E-state index contributed by atoms with van der Waals surface area (Å²) in [6.45, 7) is 7.03. The lowest BCUT2D eigenvalue weighted by atomic mass is 10.1. The van der Waals surface area contributed by atoms with Crippen molar-refractivity contribution in [1.29, 1.82) is 0 Å². The topological polar surface area (TPSA) is 70.5 Å². The van der Waals surface area contributed by atoms with Gasteiger partial charge in [-0.15, -0.1) is 11.3 Å².